The van der Waals surface area contributed by atoms with Crippen molar-refractivity contribution in [1.82, 2.24) is 5.48 Å². The van der Waals surface area contributed by atoms with Crippen LogP contribution in [0.25, 0.3) is 0 Å². The summed E-state index contributed by atoms with van der Waals surface area (Å²) in [4.78, 5) is 14.9. The Hall–Kier alpha value is -1.91. The molecule has 0 aliphatic heterocycles. The molecule has 0 radical (unpaired) electrons. The van der Waals surface area contributed by atoms with Gasteiger partial charge in [0, 0.05) is 5.69 Å². The van der Waals surface area contributed by atoms with Crippen LogP contribution in [0.3, 0.4) is 0 Å². The summed E-state index contributed by atoms with van der Waals surface area (Å²) in [5.41, 5.74) is 12.8. The van der Waals surface area contributed by atoms with E-state index in [-0.39, 0.29) is 0 Å². The summed E-state index contributed by atoms with van der Waals surface area (Å²) < 4.78 is 0. The highest BCUT2D eigenvalue weighted by Gasteiger charge is 1.94. The zero-order chi connectivity index (χ0) is 8.97. The second-order valence-corrected chi connectivity index (χ2v) is 2.14. The van der Waals surface area contributed by atoms with E-state index in [1.165, 1.54) is 0 Å². The van der Waals surface area contributed by atoms with Crippen LogP contribution in [-0.4, -0.2) is 6.03 Å². The van der Waals surface area contributed by atoms with Crippen LogP contribution >= 0.6 is 0 Å². The normalized spacial score (nSPS) is 9.00. The third kappa shape index (κ3) is 2.37. The number of hydroxylamine groups is 1. The number of amides is 2. The molecule has 12 heavy (non-hydrogen) atoms. The molecular weight excluding hydrogens is 158 g/mol. The first kappa shape index (κ1) is 8.19. The third-order valence-electron chi connectivity index (χ3n) is 1.15. The Balaban J connectivity index is 2.53. The fourth-order valence-corrected chi connectivity index (χ4v) is 0.645. The Morgan fingerprint density at radius 1 is 1.33 bits per heavy atom. The van der Waals surface area contributed by atoms with Gasteiger partial charge in [-0.05, 0) is 24.3 Å². The smallest absolute Gasteiger partial charge is 0.345 e. The molecule has 5 N–H and O–H groups in total. The summed E-state index contributed by atoms with van der Waals surface area (Å²) in [7, 11) is 0. The van der Waals surface area contributed by atoms with Crippen LogP contribution in [0.4, 0.5) is 10.5 Å². The van der Waals surface area contributed by atoms with Crippen LogP contribution in [0.15, 0.2) is 24.3 Å². The zero-order valence-electron chi connectivity index (χ0n) is 6.28. The maximum absolute atomic E-state index is 10.2. The summed E-state index contributed by atoms with van der Waals surface area (Å²) in [6.07, 6.45) is 0. The Kier molecular flexibility index (Phi) is 2.37. The van der Waals surface area contributed by atoms with Gasteiger partial charge >= 0.3 is 6.03 Å². The van der Waals surface area contributed by atoms with Crippen molar-refractivity contribution >= 4 is 11.7 Å². The molecular formula is C7H9N3O2. The molecule has 0 saturated carbocycles. The van der Waals surface area contributed by atoms with Gasteiger partial charge in [-0.3, -0.25) is 0 Å². The molecule has 0 aromatic heterocycles. The number of anilines is 1. The Morgan fingerprint density at radius 3 is 2.42 bits per heavy atom. The lowest BCUT2D eigenvalue weighted by molar-refractivity contribution is 0.185. The van der Waals surface area contributed by atoms with E-state index in [0.717, 1.165) is 0 Å². The number of urea groups is 1. The lowest BCUT2D eigenvalue weighted by Crippen LogP contribution is -2.32. The standard InChI is InChI=1S/C7H9N3O2/c8-5-1-3-6(4-2-5)12-10-7(9)11/h1-4H,8H2,(H3,9,10,11). The van der Waals surface area contributed by atoms with E-state index in [9.17, 15) is 4.79 Å². The van der Waals surface area contributed by atoms with Gasteiger partial charge in [-0.1, -0.05) is 0 Å². The molecule has 5 nitrogen and oxygen atoms in total. The van der Waals surface area contributed by atoms with Gasteiger partial charge < -0.3 is 16.3 Å². The highest BCUT2D eigenvalue weighted by molar-refractivity contribution is 5.70. The van der Waals surface area contributed by atoms with Crippen LogP contribution in [-0.2, 0) is 0 Å². The molecule has 5 heteroatoms. The molecule has 0 fully saturated rings. The highest BCUT2D eigenvalue weighted by Crippen LogP contribution is 2.11. The minimum Gasteiger partial charge on any atom is -0.399 e. The lowest BCUT2D eigenvalue weighted by atomic mass is 10.3. The van der Waals surface area contributed by atoms with Crippen LogP contribution in [0.1, 0.15) is 0 Å². The van der Waals surface area contributed by atoms with Gasteiger partial charge in [0.15, 0.2) is 5.75 Å². The van der Waals surface area contributed by atoms with E-state index in [4.69, 9.17) is 16.3 Å². The molecule has 0 spiro atoms. The van der Waals surface area contributed by atoms with Crippen molar-refractivity contribution in [3.63, 3.8) is 0 Å². The largest absolute Gasteiger partial charge is 0.399 e. The highest BCUT2D eigenvalue weighted by atomic mass is 16.7. The maximum atomic E-state index is 10.2. The molecule has 0 aliphatic carbocycles. The molecule has 0 unspecified atom stereocenters. The molecule has 0 saturated heterocycles. The number of nitrogens with two attached hydrogens (primary N) is 2. The number of nitrogens with one attached hydrogen (secondary N) is 1. The molecule has 64 valence electrons. The van der Waals surface area contributed by atoms with E-state index in [1.807, 2.05) is 5.48 Å². The SMILES string of the molecule is NC(=O)NOc1ccc(N)cc1. The van der Waals surface area contributed by atoms with Crippen LogP contribution in [0.5, 0.6) is 5.75 Å². The number of carbonyl (C=O) groups excluding carboxylic acids is 1. The number of rotatable bonds is 2. The Bertz CT molecular complexity index is 270. The van der Waals surface area contributed by atoms with Gasteiger partial charge in [0.1, 0.15) is 0 Å². The summed E-state index contributed by atoms with van der Waals surface area (Å²) in [6, 6.07) is 5.79. The zero-order valence-corrected chi connectivity index (χ0v) is 6.28. The first-order chi connectivity index (χ1) is 5.68. The minimum atomic E-state index is -0.744. The molecule has 0 atom stereocenters. The number of nitrogen functional groups attached to an aromatic ring is 1. The van der Waals surface area contributed by atoms with E-state index >= 15 is 0 Å². The topological polar surface area (TPSA) is 90.4 Å². The Morgan fingerprint density at radius 2 is 1.92 bits per heavy atom. The summed E-state index contributed by atoms with van der Waals surface area (Å²) in [5.74, 6) is 0.475. The fraction of sp³-hybridized carbons (Fsp3) is 0. The van der Waals surface area contributed by atoms with Gasteiger partial charge in [-0.15, -0.1) is 0 Å². The number of hydrogen-bond acceptors (Lipinski definition) is 3. The average Bonchev–Trinajstić information content (AvgIpc) is 2.03. The lowest BCUT2D eigenvalue weighted by Gasteiger charge is -2.03. The molecule has 2 amide bonds. The van der Waals surface area contributed by atoms with Gasteiger partial charge in [0.2, 0.25) is 0 Å². The number of hydrogen-bond donors (Lipinski definition) is 3. The van der Waals surface area contributed by atoms with E-state index in [0.29, 0.717) is 11.4 Å². The van der Waals surface area contributed by atoms with E-state index in [2.05, 4.69) is 0 Å². The monoisotopic (exact) mass is 167 g/mol. The van der Waals surface area contributed by atoms with Crippen molar-refractivity contribution in [3.8, 4) is 5.75 Å². The van der Waals surface area contributed by atoms with Crippen LogP contribution in [0.2, 0.25) is 0 Å². The molecule has 0 heterocycles. The predicted octanol–water partition coefficient (Wildman–Crippen LogP) is 0.231. The maximum Gasteiger partial charge on any atom is 0.345 e. The number of primary amides is 1. The molecule has 0 aliphatic rings. The van der Waals surface area contributed by atoms with Crippen molar-refractivity contribution < 1.29 is 9.63 Å². The predicted molar refractivity (Wildman–Crippen MR) is 44.2 cm³/mol. The summed E-state index contributed by atoms with van der Waals surface area (Å²) in [6.45, 7) is 0. The number of carbonyl (C=O) groups is 1. The van der Waals surface area contributed by atoms with Gasteiger partial charge in [0.05, 0.1) is 0 Å². The second kappa shape index (κ2) is 3.47. The van der Waals surface area contributed by atoms with E-state index in [1.54, 1.807) is 24.3 Å². The molecule has 1 aromatic rings. The minimum absolute atomic E-state index is 0.475. The summed E-state index contributed by atoms with van der Waals surface area (Å²) >= 11 is 0. The van der Waals surface area contributed by atoms with Gasteiger partial charge in [0.25, 0.3) is 0 Å². The quantitative estimate of drug-likeness (QED) is 0.435. The van der Waals surface area contributed by atoms with Crippen LogP contribution < -0.4 is 21.8 Å². The van der Waals surface area contributed by atoms with Gasteiger partial charge in [-0.25, -0.2) is 4.79 Å². The van der Waals surface area contributed by atoms with Crippen molar-refractivity contribution in [1.29, 1.82) is 0 Å². The van der Waals surface area contributed by atoms with Gasteiger partial charge in [-0.2, -0.15) is 5.48 Å². The van der Waals surface area contributed by atoms with Crippen molar-refractivity contribution in [2.24, 2.45) is 5.73 Å². The second-order valence-electron chi connectivity index (χ2n) is 2.14. The molecule has 1 rings (SSSR count). The summed E-state index contributed by atoms with van der Waals surface area (Å²) in [5, 5.41) is 0. The number of benzene rings is 1. The average molecular weight is 167 g/mol. The van der Waals surface area contributed by atoms with Crippen molar-refractivity contribution in [2.75, 3.05) is 5.73 Å². The third-order valence-corrected chi connectivity index (χ3v) is 1.15. The first-order valence-electron chi connectivity index (χ1n) is 3.26. The van der Waals surface area contributed by atoms with E-state index < -0.39 is 6.03 Å². The molecule has 1 aromatic carbocycles. The van der Waals surface area contributed by atoms with Crippen LogP contribution in [0, 0.1) is 0 Å². The molecule has 0 bridgehead atoms. The fourth-order valence-electron chi connectivity index (χ4n) is 0.645. The first-order valence-corrected chi connectivity index (χ1v) is 3.26. The van der Waals surface area contributed by atoms with Crippen molar-refractivity contribution in [2.45, 2.75) is 0 Å². The Labute approximate surface area is 69.3 Å². The van der Waals surface area contributed by atoms with Crippen molar-refractivity contribution in [3.05, 3.63) is 24.3 Å².